The molecule has 0 unspecified atom stereocenters. The van der Waals surface area contributed by atoms with Gasteiger partial charge in [-0.05, 0) is 24.1 Å². The van der Waals surface area contributed by atoms with E-state index in [0.717, 1.165) is 69.3 Å². The molecule has 0 radical (unpaired) electrons. The SMILES string of the molecule is CCCCCCC(=O)N(CCN1CCOCC1)Cc1ccc2c(c1)OCO2. The van der Waals surface area contributed by atoms with Crippen molar-refractivity contribution in [1.29, 1.82) is 0 Å². The summed E-state index contributed by atoms with van der Waals surface area (Å²) in [7, 11) is 0. The van der Waals surface area contributed by atoms with Crippen molar-refractivity contribution < 1.29 is 19.0 Å². The smallest absolute Gasteiger partial charge is 0.231 e. The molecular formula is C21H32N2O4. The zero-order valence-corrected chi connectivity index (χ0v) is 16.5. The molecule has 2 heterocycles. The van der Waals surface area contributed by atoms with Crippen LogP contribution >= 0.6 is 0 Å². The minimum atomic E-state index is 0.247. The van der Waals surface area contributed by atoms with Crippen molar-refractivity contribution in [2.45, 2.75) is 45.6 Å². The summed E-state index contributed by atoms with van der Waals surface area (Å²) in [5, 5.41) is 0. The highest BCUT2D eigenvalue weighted by molar-refractivity contribution is 5.76. The molecule has 0 saturated carbocycles. The standard InChI is InChI=1S/C21H32N2O4/c1-2-3-4-5-6-21(24)23(10-9-22-11-13-25-14-12-22)16-18-7-8-19-20(15-18)27-17-26-19/h7-8,15H,2-6,9-14,16-17H2,1H3. The molecule has 150 valence electrons. The van der Waals surface area contributed by atoms with Gasteiger partial charge < -0.3 is 19.1 Å². The van der Waals surface area contributed by atoms with Gasteiger partial charge in [-0.2, -0.15) is 0 Å². The Morgan fingerprint density at radius 1 is 1.11 bits per heavy atom. The van der Waals surface area contributed by atoms with Gasteiger partial charge in [0.1, 0.15) is 0 Å². The van der Waals surface area contributed by atoms with E-state index in [4.69, 9.17) is 14.2 Å². The quantitative estimate of drug-likeness (QED) is 0.588. The van der Waals surface area contributed by atoms with Gasteiger partial charge in [0.2, 0.25) is 12.7 Å². The zero-order chi connectivity index (χ0) is 18.9. The molecular weight excluding hydrogens is 344 g/mol. The van der Waals surface area contributed by atoms with E-state index in [9.17, 15) is 4.79 Å². The van der Waals surface area contributed by atoms with Crippen LogP contribution in [0, 0.1) is 0 Å². The first-order valence-corrected chi connectivity index (χ1v) is 10.2. The molecule has 1 aromatic carbocycles. The average molecular weight is 376 g/mol. The van der Waals surface area contributed by atoms with E-state index < -0.39 is 0 Å². The van der Waals surface area contributed by atoms with Gasteiger partial charge in [-0.3, -0.25) is 9.69 Å². The Labute approximate surface area is 162 Å². The molecule has 1 saturated heterocycles. The number of unbranched alkanes of at least 4 members (excludes halogenated alkanes) is 3. The van der Waals surface area contributed by atoms with Crippen molar-refractivity contribution in [2.75, 3.05) is 46.2 Å². The summed E-state index contributed by atoms with van der Waals surface area (Å²) in [6, 6.07) is 5.96. The van der Waals surface area contributed by atoms with Crippen molar-refractivity contribution in [3.05, 3.63) is 23.8 Å². The molecule has 2 aliphatic rings. The Bertz CT molecular complexity index is 602. The third kappa shape index (κ3) is 6.11. The summed E-state index contributed by atoms with van der Waals surface area (Å²) in [6.45, 7) is 8.20. The molecule has 1 fully saturated rings. The van der Waals surface area contributed by atoms with Crippen LogP contribution in [-0.4, -0.2) is 61.9 Å². The van der Waals surface area contributed by atoms with E-state index in [-0.39, 0.29) is 12.7 Å². The predicted molar refractivity (Wildman–Crippen MR) is 104 cm³/mol. The molecule has 3 rings (SSSR count). The van der Waals surface area contributed by atoms with Crippen LogP contribution < -0.4 is 9.47 Å². The summed E-state index contributed by atoms with van der Waals surface area (Å²) < 4.78 is 16.3. The van der Waals surface area contributed by atoms with Gasteiger partial charge in [0.15, 0.2) is 11.5 Å². The van der Waals surface area contributed by atoms with Crippen molar-refractivity contribution in [2.24, 2.45) is 0 Å². The number of rotatable bonds is 10. The monoisotopic (exact) mass is 376 g/mol. The Kier molecular flexibility index (Phi) is 7.78. The minimum Gasteiger partial charge on any atom is -0.454 e. The summed E-state index contributed by atoms with van der Waals surface area (Å²) in [6.07, 6.45) is 5.12. The fraction of sp³-hybridized carbons (Fsp3) is 0.667. The maximum atomic E-state index is 12.8. The highest BCUT2D eigenvalue weighted by Gasteiger charge is 2.19. The fourth-order valence-electron chi connectivity index (χ4n) is 3.50. The van der Waals surface area contributed by atoms with E-state index in [2.05, 4.69) is 11.8 Å². The first kappa shape index (κ1) is 20.0. The van der Waals surface area contributed by atoms with E-state index in [1.54, 1.807) is 0 Å². The van der Waals surface area contributed by atoms with Crippen LogP contribution in [0.2, 0.25) is 0 Å². The number of hydrogen-bond acceptors (Lipinski definition) is 5. The summed E-state index contributed by atoms with van der Waals surface area (Å²) >= 11 is 0. The van der Waals surface area contributed by atoms with Crippen LogP contribution in [0.3, 0.4) is 0 Å². The number of carbonyl (C=O) groups is 1. The molecule has 1 amide bonds. The Hall–Kier alpha value is -1.79. The molecule has 0 aliphatic carbocycles. The molecule has 1 aromatic rings. The number of carbonyl (C=O) groups excluding carboxylic acids is 1. The van der Waals surface area contributed by atoms with Gasteiger partial charge in [0.05, 0.1) is 13.2 Å². The molecule has 0 aromatic heterocycles. The lowest BCUT2D eigenvalue weighted by atomic mass is 10.1. The van der Waals surface area contributed by atoms with Gasteiger partial charge in [-0.1, -0.05) is 32.3 Å². The lowest BCUT2D eigenvalue weighted by molar-refractivity contribution is -0.132. The average Bonchev–Trinajstić information content (AvgIpc) is 3.17. The van der Waals surface area contributed by atoms with Gasteiger partial charge in [-0.25, -0.2) is 0 Å². The van der Waals surface area contributed by atoms with Crippen LogP contribution in [0.15, 0.2) is 18.2 Å². The first-order chi connectivity index (χ1) is 13.3. The van der Waals surface area contributed by atoms with Gasteiger partial charge in [0, 0.05) is 39.1 Å². The van der Waals surface area contributed by atoms with Gasteiger partial charge in [-0.15, -0.1) is 0 Å². The lowest BCUT2D eigenvalue weighted by Crippen LogP contribution is -2.42. The molecule has 27 heavy (non-hydrogen) atoms. The maximum Gasteiger partial charge on any atom is 0.231 e. The summed E-state index contributed by atoms with van der Waals surface area (Å²) in [5.74, 6) is 1.80. The topological polar surface area (TPSA) is 51.2 Å². The molecule has 0 spiro atoms. The maximum absolute atomic E-state index is 12.8. The Morgan fingerprint density at radius 3 is 2.74 bits per heavy atom. The number of hydrogen-bond donors (Lipinski definition) is 0. The van der Waals surface area contributed by atoms with E-state index in [0.29, 0.717) is 13.0 Å². The molecule has 2 aliphatic heterocycles. The normalized spacial score (nSPS) is 16.5. The highest BCUT2D eigenvalue weighted by Crippen LogP contribution is 2.32. The number of morpholine rings is 1. The predicted octanol–water partition coefficient (Wildman–Crippen LogP) is 3.05. The number of amides is 1. The number of fused-ring (bicyclic) bond motifs is 1. The molecule has 6 nitrogen and oxygen atoms in total. The third-order valence-electron chi connectivity index (χ3n) is 5.20. The van der Waals surface area contributed by atoms with Crippen molar-refractivity contribution in [3.63, 3.8) is 0 Å². The Balaban J connectivity index is 1.58. The molecule has 0 N–H and O–H groups in total. The van der Waals surface area contributed by atoms with Crippen molar-refractivity contribution in [3.8, 4) is 11.5 Å². The Morgan fingerprint density at radius 2 is 1.93 bits per heavy atom. The second kappa shape index (κ2) is 10.5. The number of benzene rings is 1. The van der Waals surface area contributed by atoms with Crippen LogP contribution in [0.25, 0.3) is 0 Å². The van der Waals surface area contributed by atoms with Crippen molar-refractivity contribution in [1.82, 2.24) is 9.80 Å². The molecule has 0 atom stereocenters. The summed E-state index contributed by atoms with van der Waals surface area (Å²) in [4.78, 5) is 17.2. The van der Waals surface area contributed by atoms with Crippen LogP contribution in [0.5, 0.6) is 11.5 Å². The minimum absolute atomic E-state index is 0.247. The molecule has 0 bridgehead atoms. The number of ether oxygens (including phenoxy) is 3. The third-order valence-corrected chi connectivity index (χ3v) is 5.20. The van der Waals surface area contributed by atoms with Crippen molar-refractivity contribution >= 4 is 5.91 Å². The fourth-order valence-corrected chi connectivity index (χ4v) is 3.50. The van der Waals surface area contributed by atoms with Crippen LogP contribution in [-0.2, 0) is 16.1 Å². The van der Waals surface area contributed by atoms with E-state index in [1.807, 2.05) is 23.1 Å². The first-order valence-electron chi connectivity index (χ1n) is 10.2. The zero-order valence-electron chi connectivity index (χ0n) is 16.5. The number of nitrogens with zero attached hydrogens (tertiary/aromatic N) is 2. The highest BCUT2D eigenvalue weighted by atomic mass is 16.7. The largest absolute Gasteiger partial charge is 0.454 e. The second-order valence-corrected chi connectivity index (χ2v) is 7.27. The van der Waals surface area contributed by atoms with Gasteiger partial charge >= 0.3 is 0 Å². The lowest BCUT2D eigenvalue weighted by Gasteiger charge is -2.30. The van der Waals surface area contributed by atoms with E-state index in [1.165, 1.54) is 12.8 Å². The summed E-state index contributed by atoms with van der Waals surface area (Å²) in [5.41, 5.74) is 1.09. The van der Waals surface area contributed by atoms with Crippen LogP contribution in [0.1, 0.15) is 44.6 Å². The van der Waals surface area contributed by atoms with Crippen LogP contribution in [0.4, 0.5) is 0 Å². The second-order valence-electron chi connectivity index (χ2n) is 7.27. The van der Waals surface area contributed by atoms with E-state index >= 15 is 0 Å². The molecule has 6 heteroatoms. The van der Waals surface area contributed by atoms with Gasteiger partial charge in [0.25, 0.3) is 0 Å².